The lowest BCUT2D eigenvalue weighted by Gasteiger charge is -2.32. The van der Waals surface area contributed by atoms with Crippen molar-refractivity contribution in [3.05, 3.63) is 114 Å². The number of benzene rings is 3. The van der Waals surface area contributed by atoms with Gasteiger partial charge in [-0.15, -0.1) is 0 Å². The van der Waals surface area contributed by atoms with E-state index in [1.165, 1.54) is 0 Å². The molecule has 3 nitrogen and oxygen atoms in total. The molecule has 4 heteroatoms. The minimum atomic E-state index is -3.71. The number of rotatable bonds is 8. The third-order valence-corrected chi connectivity index (χ3v) is 6.87. The van der Waals surface area contributed by atoms with Crippen LogP contribution < -0.4 is 0 Å². The maximum absolute atomic E-state index is 13.7. The molecule has 0 saturated heterocycles. The Morgan fingerprint density at radius 2 is 1.38 bits per heavy atom. The monoisotopic (exact) mass is 405 g/mol. The van der Waals surface area contributed by atoms with E-state index in [1.807, 2.05) is 86.6 Å². The Hall–Kier alpha value is -2.69. The predicted molar refractivity (Wildman–Crippen MR) is 119 cm³/mol. The van der Waals surface area contributed by atoms with Crippen LogP contribution in [0.2, 0.25) is 0 Å². The van der Waals surface area contributed by atoms with Gasteiger partial charge < -0.3 is 0 Å². The highest BCUT2D eigenvalue weighted by molar-refractivity contribution is 7.89. The number of nitrogens with zero attached hydrogens (tertiary/aromatic N) is 1. The van der Waals surface area contributed by atoms with E-state index in [2.05, 4.69) is 6.58 Å². The highest BCUT2D eigenvalue weighted by Crippen LogP contribution is 2.26. The zero-order chi connectivity index (χ0) is 20.9. The largest absolute Gasteiger partial charge is 0.243 e. The van der Waals surface area contributed by atoms with Gasteiger partial charge in [-0.3, -0.25) is 0 Å². The second-order valence-corrected chi connectivity index (χ2v) is 9.29. The molecule has 0 radical (unpaired) electrons. The molecule has 0 N–H and O–H groups in total. The molecule has 0 aliphatic heterocycles. The molecule has 0 aliphatic carbocycles. The van der Waals surface area contributed by atoms with E-state index in [1.54, 1.807) is 16.4 Å². The quantitative estimate of drug-likeness (QED) is 0.472. The first-order valence-corrected chi connectivity index (χ1v) is 11.1. The van der Waals surface area contributed by atoms with Gasteiger partial charge in [0.25, 0.3) is 0 Å². The molecule has 0 heterocycles. The fourth-order valence-electron chi connectivity index (χ4n) is 3.33. The molecular weight excluding hydrogens is 378 g/mol. The summed E-state index contributed by atoms with van der Waals surface area (Å²) in [5.74, 6) is 0. The first-order valence-electron chi connectivity index (χ1n) is 9.69. The molecule has 0 saturated carbocycles. The van der Waals surface area contributed by atoms with Crippen LogP contribution in [-0.2, 0) is 23.0 Å². The summed E-state index contributed by atoms with van der Waals surface area (Å²) in [7, 11) is -3.71. The molecule has 0 bridgehead atoms. The zero-order valence-corrected chi connectivity index (χ0v) is 17.8. The summed E-state index contributed by atoms with van der Waals surface area (Å²) in [6.07, 6.45) is 0.577. The van der Waals surface area contributed by atoms with Crippen LogP contribution >= 0.6 is 0 Å². The Labute approximate surface area is 174 Å². The number of hydrogen-bond acceptors (Lipinski definition) is 2. The molecule has 1 atom stereocenters. The normalized spacial score (nSPS) is 12.7. The Kier molecular flexibility index (Phi) is 6.68. The standard InChI is InChI=1S/C25H27NO2S/c1-20(2)25(18-22-10-6-4-7-11-22)26(19-23-12-8-5-9-13-23)29(27,28)24-16-14-21(3)15-17-24/h4-17,25H,1,18-19H2,2-3H3. The van der Waals surface area contributed by atoms with Crippen LogP contribution in [0, 0.1) is 6.92 Å². The second kappa shape index (κ2) is 9.21. The summed E-state index contributed by atoms with van der Waals surface area (Å²) in [5.41, 5.74) is 3.87. The first kappa shape index (κ1) is 21.0. The van der Waals surface area contributed by atoms with E-state index in [9.17, 15) is 8.42 Å². The molecule has 0 amide bonds. The topological polar surface area (TPSA) is 37.4 Å². The van der Waals surface area contributed by atoms with E-state index in [0.717, 1.165) is 22.3 Å². The van der Waals surface area contributed by atoms with Gasteiger partial charge in [0.1, 0.15) is 0 Å². The average Bonchev–Trinajstić information content (AvgIpc) is 2.72. The van der Waals surface area contributed by atoms with Crippen LogP contribution in [0.15, 0.2) is 102 Å². The van der Waals surface area contributed by atoms with Crippen molar-refractivity contribution >= 4 is 10.0 Å². The van der Waals surface area contributed by atoms with Crippen molar-refractivity contribution in [1.82, 2.24) is 4.31 Å². The second-order valence-electron chi connectivity index (χ2n) is 7.40. The van der Waals surface area contributed by atoms with E-state index in [0.29, 0.717) is 17.9 Å². The maximum atomic E-state index is 13.7. The SMILES string of the molecule is C=C(C)C(Cc1ccccc1)N(Cc1ccccc1)S(=O)(=O)c1ccc(C)cc1. The molecule has 0 aromatic heterocycles. The Morgan fingerprint density at radius 1 is 0.862 bits per heavy atom. The molecule has 0 spiro atoms. The van der Waals surface area contributed by atoms with Crippen LogP contribution in [0.4, 0.5) is 0 Å². The zero-order valence-electron chi connectivity index (χ0n) is 17.0. The van der Waals surface area contributed by atoms with Gasteiger partial charge in [0.15, 0.2) is 0 Å². The van der Waals surface area contributed by atoms with Gasteiger partial charge in [-0.1, -0.05) is 90.5 Å². The third kappa shape index (κ3) is 5.22. The summed E-state index contributed by atoms with van der Waals surface area (Å²) < 4.78 is 28.9. The van der Waals surface area contributed by atoms with Crippen molar-refractivity contribution in [3.8, 4) is 0 Å². The number of hydrogen-bond donors (Lipinski definition) is 0. The van der Waals surface area contributed by atoms with Crippen molar-refractivity contribution < 1.29 is 8.42 Å². The van der Waals surface area contributed by atoms with Gasteiger partial charge in [0.2, 0.25) is 10.0 Å². The smallest absolute Gasteiger partial charge is 0.207 e. The van der Waals surface area contributed by atoms with Crippen LogP contribution in [-0.4, -0.2) is 18.8 Å². The summed E-state index contributed by atoms with van der Waals surface area (Å²) in [5, 5.41) is 0. The van der Waals surface area contributed by atoms with E-state index in [-0.39, 0.29) is 6.04 Å². The number of aryl methyl sites for hydroxylation is 1. The lowest BCUT2D eigenvalue weighted by atomic mass is 10.0. The van der Waals surface area contributed by atoms with Crippen LogP contribution in [0.1, 0.15) is 23.6 Å². The summed E-state index contributed by atoms with van der Waals surface area (Å²) in [4.78, 5) is 0.304. The molecule has 29 heavy (non-hydrogen) atoms. The molecule has 150 valence electrons. The van der Waals surface area contributed by atoms with Crippen molar-refractivity contribution in [1.29, 1.82) is 0 Å². The maximum Gasteiger partial charge on any atom is 0.243 e. The molecule has 0 fully saturated rings. The fraction of sp³-hybridized carbons (Fsp3) is 0.200. The average molecular weight is 406 g/mol. The first-order chi connectivity index (χ1) is 13.9. The van der Waals surface area contributed by atoms with Gasteiger partial charge in [-0.2, -0.15) is 4.31 Å². The van der Waals surface area contributed by atoms with Gasteiger partial charge in [-0.05, 0) is 43.5 Å². The molecule has 3 aromatic rings. The Morgan fingerprint density at radius 3 is 1.90 bits per heavy atom. The van der Waals surface area contributed by atoms with Gasteiger partial charge in [-0.25, -0.2) is 8.42 Å². The summed E-state index contributed by atoms with van der Waals surface area (Å²) >= 11 is 0. The molecule has 3 aromatic carbocycles. The third-order valence-electron chi connectivity index (χ3n) is 5.00. The van der Waals surface area contributed by atoms with Crippen LogP contribution in [0.3, 0.4) is 0 Å². The van der Waals surface area contributed by atoms with E-state index < -0.39 is 10.0 Å². The Bertz CT molecular complexity index is 1040. The van der Waals surface area contributed by atoms with Gasteiger partial charge >= 0.3 is 0 Å². The highest BCUT2D eigenvalue weighted by atomic mass is 32.2. The minimum Gasteiger partial charge on any atom is -0.207 e. The van der Waals surface area contributed by atoms with Crippen LogP contribution in [0.5, 0.6) is 0 Å². The van der Waals surface area contributed by atoms with Gasteiger partial charge in [0, 0.05) is 12.6 Å². The van der Waals surface area contributed by atoms with E-state index in [4.69, 9.17) is 0 Å². The van der Waals surface area contributed by atoms with Crippen molar-refractivity contribution in [3.63, 3.8) is 0 Å². The highest BCUT2D eigenvalue weighted by Gasteiger charge is 2.32. The molecular formula is C25H27NO2S. The van der Waals surface area contributed by atoms with E-state index >= 15 is 0 Å². The molecule has 1 unspecified atom stereocenters. The van der Waals surface area contributed by atoms with Gasteiger partial charge in [0.05, 0.1) is 4.90 Å². The Balaban J connectivity index is 2.05. The fourth-order valence-corrected chi connectivity index (χ4v) is 4.99. The van der Waals surface area contributed by atoms with Crippen LogP contribution in [0.25, 0.3) is 0 Å². The minimum absolute atomic E-state index is 0.293. The predicted octanol–water partition coefficient (Wildman–Crippen LogP) is 5.37. The lowest BCUT2D eigenvalue weighted by molar-refractivity contribution is 0.342. The summed E-state index contributed by atoms with van der Waals surface area (Å²) in [6, 6.07) is 26.3. The lowest BCUT2D eigenvalue weighted by Crippen LogP contribution is -2.41. The van der Waals surface area contributed by atoms with Crippen molar-refractivity contribution in [2.24, 2.45) is 0 Å². The summed E-state index contributed by atoms with van der Waals surface area (Å²) in [6.45, 7) is 8.27. The van der Waals surface area contributed by atoms with Crippen molar-refractivity contribution in [2.45, 2.75) is 37.8 Å². The molecule has 0 aliphatic rings. The molecule has 3 rings (SSSR count). The van der Waals surface area contributed by atoms with Crippen molar-refractivity contribution in [2.75, 3.05) is 0 Å². The number of sulfonamides is 1.